The summed E-state index contributed by atoms with van der Waals surface area (Å²) in [4.78, 5) is 4.70. The van der Waals surface area contributed by atoms with Crippen molar-refractivity contribution < 1.29 is 4.42 Å². The summed E-state index contributed by atoms with van der Waals surface area (Å²) in [5.41, 5.74) is 1.35. The molecule has 128 valence electrons. The van der Waals surface area contributed by atoms with Gasteiger partial charge in [-0.15, -0.1) is 24.0 Å². The molecule has 2 rings (SSSR count). The van der Waals surface area contributed by atoms with Crippen LogP contribution in [0.5, 0.6) is 0 Å². The first-order valence-corrected chi connectivity index (χ1v) is 8.67. The summed E-state index contributed by atoms with van der Waals surface area (Å²) in [6.07, 6.45) is 0. The molecule has 0 saturated carbocycles. The first kappa shape index (κ1) is 20.0. The van der Waals surface area contributed by atoms with Crippen molar-refractivity contribution in [1.82, 2.24) is 10.6 Å². The van der Waals surface area contributed by atoms with Gasteiger partial charge in [0.25, 0.3) is 0 Å². The Morgan fingerprint density at radius 3 is 2.65 bits per heavy atom. The monoisotopic (exact) mass is 447 g/mol. The zero-order valence-corrected chi connectivity index (χ0v) is 17.3. The number of hydrogen-bond donors (Lipinski definition) is 2. The molecule has 0 aliphatic heterocycles. The van der Waals surface area contributed by atoms with E-state index in [4.69, 9.17) is 9.41 Å². The number of nitrogens with zero attached hydrogens (tertiary/aromatic N) is 1. The van der Waals surface area contributed by atoms with E-state index in [-0.39, 0.29) is 30.0 Å². The molecule has 2 N–H and O–H groups in total. The van der Waals surface area contributed by atoms with Gasteiger partial charge in [0.1, 0.15) is 11.5 Å². The number of furan rings is 1. The molecule has 0 aliphatic carbocycles. The summed E-state index contributed by atoms with van der Waals surface area (Å²) >= 11 is 1.73. The Hall–Kier alpha value is -1.02. The second-order valence-corrected chi connectivity index (χ2v) is 6.27. The van der Waals surface area contributed by atoms with Crippen LogP contribution < -0.4 is 10.6 Å². The minimum Gasteiger partial charge on any atom is -0.464 e. The molecule has 2 aromatic rings. The lowest BCUT2D eigenvalue weighted by molar-refractivity contribution is 0.441. The number of rotatable bonds is 6. The van der Waals surface area contributed by atoms with Crippen LogP contribution in [0.3, 0.4) is 0 Å². The highest BCUT2D eigenvalue weighted by Gasteiger charge is 2.12. The van der Waals surface area contributed by atoms with E-state index in [1.165, 1.54) is 5.56 Å². The standard InChI is InChI=1S/C17H25N3OS.HI/c1-5-18-17(19-10-12(2)15-8-9-22-11-15)20-14(4)16-7-6-13(3)21-16;/h6-9,11-12,14H,5,10H2,1-4H3,(H2,18,19,20);1H. The van der Waals surface area contributed by atoms with Gasteiger partial charge >= 0.3 is 0 Å². The van der Waals surface area contributed by atoms with E-state index < -0.39 is 0 Å². The van der Waals surface area contributed by atoms with Crippen LogP contribution in [0.25, 0.3) is 0 Å². The van der Waals surface area contributed by atoms with Crippen LogP contribution in [0, 0.1) is 6.92 Å². The molecule has 23 heavy (non-hydrogen) atoms. The van der Waals surface area contributed by atoms with Crippen LogP contribution in [0.2, 0.25) is 0 Å². The highest BCUT2D eigenvalue weighted by Crippen LogP contribution is 2.18. The molecule has 2 heterocycles. The Morgan fingerprint density at radius 2 is 2.09 bits per heavy atom. The van der Waals surface area contributed by atoms with E-state index in [2.05, 4.69) is 48.2 Å². The van der Waals surface area contributed by atoms with Crippen LogP contribution in [0.1, 0.15) is 49.8 Å². The fourth-order valence-corrected chi connectivity index (χ4v) is 2.95. The van der Waals surface area contributed by atoms with Crippen molar-refractivity contribution in [2.24, 2.45) is 4.99 Å². The van der Waals surface area contributed by atoms with Crippen molar-refractivity contribution in [3.63, 3.8) is 0 Å². The van der Waals surface area contributed by atoms with E-state index in [1.54, 1.807) is 11.3 Å². The Kier molecular flexibility index (Phi) is 8.68. The van der Waals surface area contributed by atoms with Gasteiger partial charge in [-0.3, -0.25) is 4.99 Å². The molecular formula is C17H26IN3OS. The van der Waals surface area contributed by atoms with Crippen molar-refractivity contribution in [2.45, 2.75) is 39.7 Å². The third-order valence-electron chi connectivity index (χ3n) is 3.52. The first-order chi connectivity index (χ1) is 10.6. The predicted molar refractivity (Wildman–Crippen MR) is 109 cm³/mol. The Balaban J connectivity index is 0.00000264. The molecule has 6 heteroatoms. The summed E-state index contributed by atoms with van der Waals surface area (Å²) < 4.78 is 5.66. The fourth-order valence-electron chi connectivity index (χ4n) is 2.17. The Morgan fingerprint density at radius 1 is 1.30 bits per heavy atom. The van der Waals surface area contributed by atoms with Crippen LogP contribution in [0.4, 0.5) is 0 Å². The average molecular weight is 447 g/mol. The number of aryl methyl sites for hydroxylation is 1. The molecule has 0 aromatic carbocycles. The number of aliphatic imine (C=N–C) groups is 1. The molecule has 0 radical (unpaired) electrons. The van der Waals surface area contributed by atoms with Crippen molar-refractivity contribution in [3.8, 4) is 0 Å². The van der Waals surface area contributed by atoms with Gasteiger partial charge in [-0.25, -0.2) is 0 Å². The number of halogens is 1. The van der Waals surface area contributed by atoms with Gasteiger partial charge in [0, 0.05) is 19.0 Å². The lowest BCUT2D eigenvalue weighted by Gasteiger charge is -2.17. The number of thiophene rings is 1. The van der Waals surface area contributed by atoms with Crippen LogP contribution in [0.15, 0.2) is 38.4 Å². The van der Waals surface area contributed by atoms with Crippen molar-refractivity contribution >= 4 is 41.3 Å². The summed E-state index contributed by atoms with van der Waals surface area (Å²) in [5, 5.41) is 11.0. The minimum absolute atomic E-state index is 0. The third-order valence-corrected chi connectivity index (χ3v) is 4.22. The van der Waals surface area contributed by atoms with Crippen molar-refractivity contribution in [2.75, 3.05) is 13.1 Å². The molecule has 0 spiro atoms. The van der Waals surface area contributed by atoms with E-state index in [0.29, 0.717) is 5.92 Å². The molecule has 0 aliphatic rings. The maximum Gasteiger partial charge on any atom is 0.191 e. The second kappa shape index (κ2) is 9.97. The Bertz CT molecular complexity index is 595. The van der Waals surface area contributed by atoms with Gasteiger partial charge in [0.2, 0.25) is 0 Å². The minimum atomic E-state index is 0. The second-order valence-electron chi connectivity index (χ2n) is 5.49. The highest BCUT2D eigenvalue weighted by molar-refractivity contribution is 14.0. The van der Waals surface area contributed by atoms with Crippen LogP contribution in [-0.4, -0.2) is 19.0 Å². The van der Waals surface area contributed by atoms with E-state index in [0.717, 1.165) is 30.6 Å². The molecule has 4 nitrogen and oxygen atoms in total. The number of nitrogens with one attached hydrogen (secondary N) is 2. The lowest BCUT2D eigenvalue weighted by atomic mass is 10.1. The zero-order chi connectivity index (χ0) is 15.9. The van der Waals surface area contributed by atoms with Gasteiger partial charge in [-0.05, 0) is 55.3 Å². The topological polar surface area (TPSA) is 49.6 Å². The SMILES string of the molecule is CCNC(=NCC(C)c1ccsc1)NC(C)c1ccc(C)o1.I. The van der Waals surface area contributed by atoms with Gasteiger partial charge in [-0.1, -0.05) is 6.92 Å². The molecule has 0 saturated heterocycles. The van der Waals surface area contributed by atoms with E-state index in [1.807, 2.05) is 19.1 Å². The highest BCUT2D eigenvalue weighted by atomic mass is 127. The molecule has 0 amide bonds. The summed E-state index contributed by atoms with van der Waals surface area (Å²) in [6.45, 7) is 9.90. The quantitative estimate of drug-likeness (QED) is 0.384. The fraction of sp³-hybridized carbons (Fsp3) is 0.471. The molecule has 2 atom stereocenters. The van der Waals surface area contributed by atoms with Crippen LogP contribution >= 0.6 is 35.3 Å². The van der Waals surface area contributed by atoms with E-state index >= 15 is 0 Å². The smallest absolute Gasteiger partial charge is 0.191 e. The van der Waals surface area contributed by atoms with Crippen LogP contribution in [-0.2, 0) is 0 Å². The largest absolute Gasteiger partial charge is 0.464 e. The van der Waals surface area contributed by atoms with Crippen molar-refractivity contribution in [3.05, 3.63) is 46.0 Å². The molecule has 0 bridgehead atoms. The summed E-state index contributed by atoms with van der Waals surface area (Å²) in [5.74, 6) is 3.10. The van der Waals surface area contributed by atoms with Gasteiger partial charge in [0.15, 0.2) is 5.96 Å². The van der Waals surface area contributed by atoms with Gasteiger partial charge < -0.3 is 15.1 Å². The van der Waals surface area contributed by atoms with Gasteiger partial charge in [0.05, 0.1) is 6.04 Å². The molecule has 2 unspecified atom stereocenters. The number of hydrogen-bond acceptors (Lipinski definition) is 3. The number of guanidine groups is 1. The summed E-state index contributed by atoms with van der Waals surface area (Å²) in [6, 6.07) is 6.24. The maximum atomic E-state index is 5.66. The third kappa shape index (κ3) is 6.18. The molecular weight excluding hydrogens is 421 g/mol. The molecule has 2 aromatic heterocycles. The average Bonchev–Trinajstić information content (AvgIpc) is 3.15. The Labute approximate surface area is 159 Å². The summed E-state index contributed by atoms with van der Waals surface area (Å²) in [7, 11) is 0. The first-order valence-electron chi connectivity index (χ1n) is 7.73. The van der Waals surface area contributed by atoms with E-state index in [9.17, 15) is 0 Å². The predicted octanol–water partition coefficient (Wildman–Crippen LogP) is 4.69. The zero-order valence-electron chi connectivity index (χ0n) is 14.1. The van der Waals surface area contributed by atoms with Crippen molar-refractivity contribution in [1.29, 1.82) is 0 Å². The normalized spacial score (nSPS) is 14.0. The lowest BCUT2D eigenvalue weighted by Crippen LogP contribution is -2.38. The molecule has 0 fully saturated rings. The van der Waals surface area contributed by atoms with Gasteiger partial charge in [-0.2, -0.15) is 11.3 Å². The maximum absolute atomic E-state index is 5.66.